The molecule has 3 amide bonds. The number of para-hydroxylation sites is 1. The molecule has 2 aliphatic rings. The molecular weight excluding hydrogens is 317 g/mol. The lowest BCUT2D eigenvalue weighted by atomic mass is 10.2. The highest BCUT2D eigenvalue weighted by Gasteiger charge is 2.37. The fraction of sp³-hybridized carbons (Fsp3) is 0.500. The van der Waals surface area contributed by atoms with Crippen LogP contribution in [0.15, 0.2) is 24.3 Å². The fourth-order valence-corrected chi connectivity index (χ4v) is 3.91. The highest BCUT2D eigenvalue weighted by molar-refractivity contribution is 7.99. The van der Waals surface area contributed by atoms with E-state index in [1.54, 1.807) is 12.1 Å². The first kappa shape index (κ1) is 16.1. The van der Waals surface area contributed by atoms with Gasteiger partial charge in [0.15, 0.2) is 0 Å². The first-order chi connectivity index (χ1) is 11.2. The van der Waals surface area contributed by atoms with Gasteiger partial charge in [0.25, 0.3) is 0 Å². The van der Waals surface area contributed by atoms with Gasteiger partial charge in [-0.3, -0.25) is 4.79 Å². The van der Waals surface area contributed by atoms with E-state index in [2.05, 4.69) is 5.32 Å². The second kappa shape index (κ2) is 7.21. The number of amides is 3. The molecule has 2 heterocycles. The highest BCUT2D eigenvalue weighted by Crippen LogP contribution is 2.23. The van der Waals surface area contributed by atoms with Crippen LogP contribution >= 0.6 is 11.8 Å². The zero-order valence-electron chi connectivity index (χ0n) is 12.8. The van der Waals surface area contributed by atoms with E-state index in [-0.39, 0.29) is 11.6 Å². The van der Waals surface area contributed by atoms with Gasteiger partial charge in [-0.2, -0.15) is 11.8 Å². The van der Waals surface area contributed by atoms with Gasteiger partial charge in [-0.25, -0.2) is 9.18 Å². The zero-order chi connectivity index (χ0) is 16.2. The molecule has 1 aromatic rings. The number of hydrogen-bond donors (Lipinski definition) is 1. The molecule has 5 nitrogen and oxygen atoms in total. The van der Waals surface area contributed by atoms with Crippen LogP contribution < -0.4 is 5.32 Å². The number of urea groups is 1. The van der Waals surface area contributed by atoms with Crippen molar-refractivity contribution >= 4 is 29.4 Å². The van der Waals surface area contributed by atoms with Gasteiger partial charge < -0.3 is 15.1 Å². The summed E-state index contributed by atoms with van der Waals surface area (Å²) in [7, 11) is 0. The second-order valence-electron chi connectivity index (χ2n) is 5.70. The van der Waals surface area contributed by atoms with Gasteiger partial charge in [-0.05, 0) is 25.0 Å². The number of likely N-dealkylation sites (tertiary alicyclic amines) is 1. The maximum absolute atomic E-state index is 13.7. The molecule has 0 saturated carbocycles. The average molecular weight is 337 g/mol. The minimum absolute atomic E-state index is 0.0199. The summed E-state index contributed by atoms with van der Waals surface area (Å²) in [6.45, 7) is 2.00. The van der Waals surface area contributed by atoms with E-state index in [1.165, 1.54) is 17.0 Å². The van der Waals surface area contributed by atoms with Crippen molar-refractivity contribution in [1.82, 2.24) is 9.80 Å². The average Bonchev–Trinajstić information content (AvgIpc) is 3.07. The number of halogens is 1. The number of nitrogens with one attached hydrogen (secondary N) is 1. The van der Waals surface area contributed by atoms with Gasteiger partial charge in [0.05, 0.1) is 5.69 Å². The predicted octanol–water partition coefficient (Wildman–Crippen LogP) is 2.40. The minimum Gasteiger partial charge on any atom is -0.339 e. The number of nitrogens with zero attached hydrogens (tertiary/aromatic N) is 2. The van der Waals surface area contributed by atoms with Crippen molar-refractivity contribution in [2.45, 2.75) is 18.9 Å². The summed E-state index contributed by atoms with van der Waals surface area (Å²) >= 11 is 1.84. The summed E-state index contributed by atoms with van der Waals surface area (Å²) in [5, 5.41) is 2.58. The fourth-order valence-electron chi connectivity index (χ4n) is 3.01. The van der Waals surface area contributed by atoms with Crippen molar-refractivity contribution in [3.8, 4) is 0 Å². The van der Waals surface area contributed by atoms with Crippen molar-refractivity contribution < 1.29 is 14.0 Å². The normalized spacial score (nSPS) is 21.3. The number of hydrogen-bond acceptors (Lipinski definition) is 3. The lowest BCUT2D eigenvalue weighted by molar-refractivity contribution is -0.134. The number of carbonyl (C=O) groups is 2. The van der Waals surface area contributed by atoms with E-state index in [9.17, 15) is 14.0 Å². The van der Waals surface area contributed by atoms with Crippen LogP contribution in [0.25, 0.3) is 0 Å². The van der Waals surface area contributed by atoms with Crippen LogP contribution in [0.2, 0.25) is 0 Å². The molecule has 0 bridgehead atoms. The van der Waals surface area contributed by atoms with Gasteiger partial charge in [0.1, 0.15) is 11.9 Å². The van der Waals surface area contributed by atoms with Crippen molar-refractivity contribution in [3.63, 3.8) is 0 Å². The smallest absolute Gasteiger partial charge is 0.322 e. The van der Waals surface area contributed by atoms with E-state index in [1.807, 2.05) is 16.7 Å². The Morgan fingerprint density at radius 1 is 1.17 bits per heavy atom. The Balaban J connectivity index is 1.67. The third-order valence-electron chi connectivity index (χ3n) is 4.24. The standard InChI is InChI=1S/C16H20FN3O2S/c17-12-4-1-2-5-13(12)18-16(22)20-7-3-6-14(20)15(21)19-8-10-23-11-9-19/h1-2,4-5,14H,3,6-11H2,(H,18,22). The van der Waals surface area contributed by atoms with Crippen LogP contribution in [0.3, 0.4) is 0 Å². The van der Waals surface area contributed by atoms with Crippen LogP contribution in [0.4, 0.5) is 14.9 Å². The van der Waals surface area contributed by atoms with Gasteiger partial charge >= 0.3 is 6.03 Å². The Bertz CT molecular complexity index is 592. The third kappa shape index (κ3) is 3.60. The Kier molecular flexibility index (Phi) is 5.05. The Morgan fingerprint density at radius 2 is 1.91 bits per heavy atom. The molecule has 124 valence electrons. The van der Waals surface area contributed by atoms with E-state index in [4.69, 9.17) is 0 Å². The summed E-state index contributed by atoms with van der Waals surface area (Å²) in [6, 6.07) is 5.22. The quantitative estimate of drug-likeness (QED) is 0.902. The Labute approximate surface area is 139 Å². The number of carbonyl (C=O) groups excluding carboxylic acids is 2. The molecule has 1 N–H and O–H groups in total. The molecule has 23 heavy (non-hydrogen) atoms. The second-order valence-corrected chi connectivity index (χ2v) is 6.92. The molecule has 3 rings (SSSR count). The van der Waals surface area contributed by atoms with Crippen LogP contribution in [-0.4, -0.2) is 58.9 Å². The molecule has 1 aromatic carbocycles. The van der Waals surface area contributed by atoms with Crippen LogP contribution in [0.5, 0.6) is 0 Å². The molecule has 0 spiro atoms. The Hall–Kier alpha value is -1.76. The molecule has 1 unspecified atom stereocenters. The number of benzene rings is 1. The molecule has 0 radical (unpaired) electrons. The van der Waals surface area contributed by atoms with E-state index < -0.39 is 17.9 Å². The van der Waals surface area contributed by atoms with E-state index >= 15 is 0 Å². The first-order valence-corrected chi connectivity index (χ1v) is 9.01. The summed E-state index contributed by atoms with van der Waals surface area (Å²) in [5.74, 6) is 1.43. The molecule has 2 saturated heterocycles. The van der Waals surface area contributed by atoms with Gasteiger partial charge in [-0.1, -0.05) is 12.1 Å². The molecule has 2 aliphatic heterocycles. The van der Waals surface area contributed by atoms with Crippen molar-refractivity contribution in [2.24, 2.45) is 0 Å². The van der Waals surface area contributed by atoms with E-state index in [0.29, 0.717) is 13.0 Å². The maximum Gasteiger partial charge on any atom is 0.322 e. The molecule has 0 aliphatic carbocycles. The third-order valence-corrected chi connectivity index (χ3v) is 5.18. The molecular formula is C16H20FN3O2S. The summed E-state index contributed by atoms with van der Waals surface area (Å²) < 4.78 is 13.7. The number of rotatable bonds is 2. The molecule has 2 fully saturated rings. The van der Waals surface area contributed by atoms with Crippen LogP contribution in [0, 0.1) is 5.82 Å². The topological polar surface area (TPSA) is 52.7 Å². The lowest BCUT2D eigenvalue weighted by Gasteiger charge is -2.32. The van der Waals surface area contributed by atoms with E-state index in [0.717, 1.165) is 31.0 Å². The SMILES string of the molecule is O=C(C1CCCN1C(=O)Nc1ccccc1F)N1CCSCC1. The van der Waals surface area contributed by atoms with Crippen LogP contribution in [-0.2, 0) is 4.79 Å². The summed E-state index contributed by atoms with van der Waals surface area (Å²) in [6.07, 6.45) is 1.47. The number of anilines is 1. The predicted molar refractivity (Wildman–Crippen MR) is 89.1 cm³/mol. The largest absolute Gasteiger partial charge is 0.339 e. The van der Waals surface area contributed by atoms with Gasteiger partial charge in [0.2, 0.25) is 5.91 Å². The van der Waals surface area contributed by atoms with Gasteiger partial charge in [-0.15, -0.1) is 0 Å². The van der Waals surface area contributed by atoms with Crippen molar-refractivity contribution in [1.29, 1.82) is 0 Å². The zero-order valence-corrected chi connectivity index (χ0v) is 13.7. The summed E-state index contributed by atoms with van der Waals surface area (Å²) in [4.78, 5) is 28.5. The van der Waals surface area contributed by atoms with Crippen molar-refractivity contribution in [3.05, 3.63) is 30.1 Å². The monoisotopic (exact) mass is 337 g/mol. The summed E-state index contributed by atoms with van der Waals surface area (Å²) in [5.41, 5.74) is 0.143. The van der Waals surface area contributed by atoms with Crippen molar-refractivity contribution in [2.75, 3.05) is 36.5 Å². The maximum atomic E-state index is 13.7. The minimum atomic E-state index is -0.476. The Morgan fingerprint density at radius 3 is 2.65 bits per heavy atom. The number of thioether (sulfide) groups is 1. The molecule has 7 heteroatoms. The molecule has 1 atom stereocenters. The first-order valence-electron chi connectivity index (χ1n) is 7.85. The highest BCUT2D eigenvalue weighted by atomic mass is 32.2. The van der Waals surface area contributed by atoms with Gasteiger partial charge in [0, 0.05) is 31.1 Å². The lowest BCUT2D eigenvalue weighted by Crippen LogP contribution is -2.51. The molecule has 0 aromatic heterocycles. The van der Waals surface area contributed by atoms with Crippen LogP contribution in [0.1, 0.15) is 12.8 Å².